The van der Waals surface area contributed by atoms with Gasteiger partial charge in [0.15, 0.2) is 5.82 Å². The molecule has 1 heterocycles. The second-order valence-electron chi connectivity index (χ2n) is 11.6. The van der Waals surface area contributed by atoms with Crippen molar-refractivity contribution < 1.29 is 4.79 Å². The Morgan fingerprint density at radius 1 is 0.974 bits per heavy atom. The lowest BCUT2D eigenvalue weighted by molar-refractivity contribution is 0.102. The summed E-state index contributed by atoms with van der Waals surface area (Å²) < 4.78 is 1.53. The van der Waals surface area contributed by atoms with Gasteiger partial charge < -0.3 is 15.2 Å². The highest BCUT2D eigenvalue weighted by Gasteiger charge is 2.16. The minimum absolute atomic E-state index is 0.0215. The summed E-state index contributed by atoms with van der Waals surface area (Å²) in [4.78, 5) is 30.6. The molecule has 6 nitrogen and oxygen atoms in total. The SMILES string of the molecule is Cc1c(NC(=O)c2ccc(C(C)(C)C)cc2)cccc1-c1cn(C)c(=O)c(Nc2ccc(CC(C)C)cc2)n1. The lowest BCUT2D eigenvalue weighted by Crippen LogP contribution is -2.21. The monoisotopic (exact) mass is 522 g/mol. The normalized spacial score (nSPS) is 11.5. The molecule has 0 aliphatic rings. The standard InChI is InChI=1S/C33H38N4O2/c1-21(2)19-23-11-17-26(18-12-23)34-30-32(39)37(7)20-29(35-30)27-9-8-10-28(22(27)3)36-31(38)24-13-15-25(16-14-24)33(4,5)6/h8-18,20-21H,19H2,1-7H3,(H,34,35)(H,36,38). The topological polar surface area (TPSA) is 76.0 Å². The molecule has 4 rings (SSSR count). The molecule has 4 aromatic rings. The van der Waals surface area contributed by atoms with Crippen LogP contribution in [-0.4, -0.2) is 15.5 Å². The molecule has 0 unspecified atom stereocenters. The summed E-state index contributed by atoms with van der Waals surface area (Å²) in [6, 6.07) is 21.5. The molecule has 0 saturated heterocycles. The highest BCUT2D eigenvalue weighted by Crippen LogP contribution is 2.29. The van der Waals surface area contributed by atoms with Gasteiger partial charge in [-0.25, -0.2) is 4.98 Å². The number of aryl methyl sites for hydroxylation is 1. The first-order chi connectivity index (χ1) is 18.4. The number of hydrogen-bond donors (Lipinski definition) is 2. The van der Waals surface area contributed by atoms with Crippen LogP contribution < -0.4 is 16.2 Å². The van der Waals surface area contributed by atoms with Crippen molar-refractivity contribution >= 4 is 23.1 Å². The fourth-order valence-corrected chi connectivity index (χ4v) is 4.51. The van der Waals surface area contributed by atoms with Crippen LogP contribution in [0.3, 0.4) is 0 Å². The number of carbonyl (C=O) groups excluding carboxylic acids is 1. The third-order valence-corrected chi connectivity index (χ3v) is 6.80. The van der Waals surface area contributed by atoms with Gasteiger partial charge in [0, 0.05) is 35.7 Å². The number of benzene rings is 3. The first kappa shape index (κ1) is 27.8. The summed E-state index contributed by atoms with van der Waals surface area (Å²) in [5.74, 6) is 0.652. The van der Waals surface area contributed by atoms with Gasteiger partial charge in [0.1, 0.15) is 0 Å². The van der Waals surface area contributed by atoms with Gasteiger partial charge in [0.25, 0.3) is 11.5 Å². The minimum atomic E-state index is -0.217. The molecule has 0 saturated carbocycles. The molecule has 0 atom stereocenters. The van der Waals surface area contributed by atoms with Crippen LogP contribution in [0.1, 0.15) is 61.7 Å². The van der Waals surface area contributed by atoms with Gasteiger partial charge in [-0.2, -0.15) is 0 Å². The van der Waals surface area contributed by atoms with Gasteiger partial charge in [-0.15, -0.1) is 0 Å². The van der Waals surface area contributed by atoms with Crippen LogP contribution in [0.25, 0.3) is 11.3 Å². The van der Waals surface area contributed by atoms with Crippen molar-refractivity contribution in [1.29, 1.82) is 0 Å². The average molecular weight is 523 g/mol. The van der Waals surface area contributed by atoms with Gasteiger partial charge in [0.2, 0.25) is 0 Å². The Hall–Kier alpha value is -4.19. The van der Waals surface area contributed by atoms with E-state index < -0.39 is 0 Å². The van der Waals surface area contributed by atoms with E-state index in [1.807, 2.05) is 61.5 Å². The predicted molar refractivity (Wildman–Crippen MR) is 161 cm³/mol. The lowest BCUT2D eigenvalue weighted by atomic mass is 9.86. The van der Waals surface area contributed by atoms with Gasteiger partial charge >= 0.3 is 0 Å². The van der Waals surface area contributed by atoms with Crippen LogP contribution in [0, 0.1) is 12.8 Å². The number of nitrogens with one attached hydrogen (secondary N) is 2. The Bertz CT molecular complexity index is 1530. The first-order valence-electron chi connectivity index (χ1n) is 13.4. The molecule has 0 radical (unpaired) electrons. The predicted octanol–water partition coefficient (Wildman–Crippen LogP) is 7.25. The second-order valence-corrected chi connectivity index (χ2v) is 11.6. The van der Waals surface area contributed by atoms with Crippen LogP contribution in [0.4, 0.5) is 17.2 Å². The van der Waals surface area contributed by atoms with Crippen LogP contribution >= 0.6 is 0 Å². The molecule has 0 fully saturated rings. The Kier molecular flexibility index (Phi) is 8.05. The van der Waals surface area contributed by atoms with E-state index in [4.69, 9.17) is 0 Å². The fourth-order valence-electron chi connectivity index (χ4n) is 4.51. The van der Waals surface area contributed by atoms with E-state index in [0.717, 1.165) is 23.2 Å². The molecule has 0 aliphatic heterocycles. The number of hydrogen-bond acceptors (Lipinski definition) is 4. The Morgan fingerprint density at radius 2 is 1.64 bits per heavy atom. The first-order valence-corrected chi connectivity index (χ1v) is 13.4. The maximum Gasteiger partial charge on any atom is 0.293 e. The molecule has 39 heavy (non-hydrogen) atoms. The number of anilines is 3. The summed E-state index contributed by atoms with van der Waals surface area (Å²) in [7, 11) is 1.71. The maximum atomic E-state index is 13.0. The number of amides is 1. The molecular formula is C33H38N4O2. The number of carbonyl (C=O) groups is 1. The van der Waals surface area contributed by atoms with E-state index in [1.54, 1.807) is 13.2 Å². The number of nitrogens with zero attached hydrogens (tertiary/aromatic N) is 2. The highest BCUT2D eigenvalue weighted by atomic mass is 16.1. The van der Waals surface area contributed by atoms with E-state index in [-0.39, 0.29) is 22.7 Å². The van der Waals surface area contributed by atoms with E-state index in [1.165, 1.54) is 15.7 Å². The van der Waals surface area contributed by atoms with Crippen molar-refractivity contribution in [1.82, 2.24) is 9.55 Å². The number of aromatic nitrogens is 2. The second kappa shape index (κ2) is 11.3. The average Bonchev–Trinajstić information content (AvgIpc) is 2.88. The summed E-state index contributed by atoms with van der Waals surface area (Å²) in [5, 5.41) is 6.24. The smallest absolute Gasteiger partial charge is 0.293 e. The highest BCUT2D eigenvalue weighted by molar-refractivity contribution is 6.05. The third-order valence-electron chi connectivity index (χ3n) is 6.80. The molecule has 6 heteroatoms. The number of rotatable bonds is 7. The van der Waals surface area contributed by atoms with Crippen molar-refractivity contribution in [2.24, 2.45) is 13.0 Å². The quantitative estimate of drug-likeness (QED) is 0.268. The van der Waals surface area contributed by atoms with Crippen molar-refractivity contribution in [2.45, 2.75) is 53.4 Å². The van der Waals surface area contributed by atoms with E-state index in [2.05, 4.69) is 62.4 Å². The van der Waals surface area contributed by atoms with Crippen LogP contribution in [0.5, 0.6) is 0 Å². The van der Waals surface area contributed by atoms with Gasteiger partial charge in [-0.05, 0) is 71.7 Å². The summed E-state index contributed by atoms with van der Waals surface area (Å²) >= 11 is 0. The summed E-state index contributed by atoms with van der Waals surface area (Å²) in [5.41, 5.74) is 6.67. The van der Waals surface area contributed by atoms with Crippen molar-refractivity contribution in [3.05, 3.63) is 106 Å². The molecule has 0 bridgehead atoms. The lowest BCUT2D eigenvalue weighted by Gasteiger charge is -2.19. The Labute approximate surface area is 231 Å². The van der Waals surface area contributed by atoms with Crippen molar-refractivity contribution in [2.75, 3.05) is 10.6 Å². The summed E-state index contributed by atoms with van der Waals surface area (Å²) in [6.07, 6.45) is 2.72. The molecule has 202 valence electrons. The summed E-state index contributed by atoms with van der Waals surface area (Å²) in [6.45, 7) is 12.8. The molecule has 2 N–H and O–H groups in total. The van der Waals surface area contributed by atoms with E-state index >= 15 is 0 Å². The Balaban J connectivity index is 1.59. The van der Waals surface area contributed by atoms with Gasteiger partial charge in [-0.3, -0.25) is 9.59 Å². The molecule has 0 spiro atoms. The minimum Gasteiger partial charge on any atom is -0.336 e. The molecule has 3 aromatic carbocycles. The van der Waals surface area contributed by atoms with Crippen LogP contribution in [0.15, 0.2) is 77.7 Å². The van der Waals surface area contributed by atoms with E-state index in [0.29, 0.717) is 22.9 Å². The molecular weight excluding hydrogens is 484 g/mol. The molecule has 1 aromatic heterocycles. The zero-order valence-corrected chi connectivity index (χ0v) is 23.9. The van der Waals surface area contributed by atoms with E-state index in [9.17, 15) is 9.59 Å². The zero-order chi connectivity index (χ0) is 28.3. The maximum absolute atomic E-state index is 13.0. The van der Waals surface area contributed by atoms with Crippen LogP contribution in [-0.2, 0) is 18.9 Å². The zero-order valence-electron chi connectivity index (χ0n) is 23.9. The molecule has 1 amide bonds. The fraction of sp³-hybridized carbons (Fsp3) is 0.303. The van der Waals surface area contributed by atoms with Crippen LogP contribution in [0.2, 0.25) is 0 Å². The van der Waals surface area contributed by atoms with Gasteiger partial charge in [0.05, 0.1) is 5.69 Å². The van der Waals surface area contributed by atoms with Gasteiger partial charge in [-0.1, -0.05) is 71.0 Å². The van der Waals surface area contributed by atoms with Crippen molar-refractivity contribution in [3.8, 4) is 11.3 Å². The molecule has 0 aliphatic carbocycles. The third kappa shape index (κ3) is 6.63. The van der Waals surface area contributed by atoms with Crippen molar-refractivity contribution in [3.63, 3.8) is 0 Å². The largest absolute Gasteiger partial charge is 0.336 e. The Morgan fingerprint density at radius 3 is 2.26 bits per heavy atom.